The van der Waals surface area contributed by atoms with Gasteiger partial charge < -0.3 is 4.74 Å². The monoisotopic (exact) mass is 284 g/mol. The van der Waals surface area contributed by atoms with Crippen LogP contribution in [0.3, 0.4) is 0 Å². The third kappa shape index (κ3) is 3.09. The second-order valence-corrected chi connectivity index (χ2v) is 5.44. The number of carbonyl (C=O) groups excluding carboxylic acids is 1. The van der Waals surface area contributed by atoms with E-state index in [2.05, 4.69) is 0 Å². The minimum absolute atomic E-state index is 0.126. The predicted molar refractivity (Wildman–Crippen MR) is 70.3 cm³/mol. The Morgan fingerprint density at radius 3 is 2.78 bits per heavy atom. The van der Waals surface area contributed by atoms with Gasteiger partial charge in [0, 0.05) is 6.07 Å². The lowest BCUT2D eigenvalue weighted by atomic mass is 10.2. The minimum atomic E-state index is -0.348. The van der Waals surface area contributed by atoms with E-state index in [9.17, 15) is 9.18 Å². The van der Waals surface area contributed by atoms with Crippen LogP contribution in [0.5, 0.6) is 5.75 Å². The molecule has 0 radical (unpaired) electrons. The molecule has 0 amide bonds. The van der Waals surface area contributed by atoms with Gasteiger partial charge in [0.2, 0.25) is 5.78 Å². The molecule has 1 aromatic carbocycles. The van der Waals surface area contributed by atoms with Crippen molar-refractivity contribution in [2.24, 2.45) is 0 Å². The molecular weight excluding hydrogens is 275 g/mol. The largest absolute Gasteiger partial charge is 0.485 e. The first-order valence-electron chi connectivity index (χ1n) is 5.24. The number of Topliss-reactive ketones (excluding diaryl/α,β-unsaturated/α-hetero) is 1. The standard InChI is InChI=1S/C13H10ClFO2S/c1-8-2-3-9(6-10(8)15)17-7-11(16)12-4-5-13(14)18-12/h2-6H,7H2,1H3. The summed E-state index contributed by atoms with van der Waals surface area (Å²) in [5.41, 5.74) is 0.540. The number of halogens is 2. The van der Waals surface area contributed by atoms with Crippen LogP contribution in [0.1, 0.15) is 15.2 Å². The number of benzene rings is 1. The Hall–Kier alpha value is -1.39. The lowest BCUT2D eigenvalue weighted by molar-refractivity contribution is 0.0925. The van der Waals surface area contributed by atoms with Gasteiger partial charge in [-0.2, -0.15) is 0 Å². The molecule has 0 spiro atoms. The number of hydrogen-bond acceptors (Lipinski definition) is 3. The van der Waals surface area contributed by atoms with Crippen molar-refractivity contribution in [3.05, 3.63) is 50.9 Å². The molecule has 0 unspecified atom stereocenters. The van der Waals surface area contributed by atoms with E-state index in [-0.39, 0.29) is 18.2 Å². The van der Waals surface area contributed by atoms with Crippen LogP contribution < -0.4 is 4.74 Å². The molecule has 0 saturated carbocycles. The van der Waals surface area contributed by atoms with Gasteiger partial charge in [-0.05, 0) is 30.7 Å². The van der Waals surface area contributed by atoms with Gasteiger partial charge in [0.25, 0.3) is 0 Å². The van der Waals surface area contributed by atoms with Gasteiger partial charge in [0.1, 0.15) is 11.6 Å². The van der Waals surface area contributed by atoms with Gasteiger partial charge in [-0.1, -0.05) is 17.7 Å². The lowest BCUT2D eigenvalue weighted by Gasteiger charge is -2.05. The van der Waals surface area contributed by atoms with E-state index >= 15 is 0 Å². The summed E-state index contributed by atoms with van der Waals surface area (Å²) in [4.78, 5) is 12.3. The number of thiophene rings is 1. The zero-order valence-corrected chi connectivity index (χ0v) is 11.1. The van der Waals surface area contributed by atoms with Crippen molar-refractivity contribution in [2.45, 2.75) is 6.92 Å². The Morgan fingerprint density at radius 2 is 2.17 bits per heavy atom. The first-order valence-corrected chi connectivity index (χ1v) is 6.43. The molecule has 2 aromatic rings. The highest BCUT2D eigenvalue weighted by atomic mass is 35.5. The molecule has 0 saturated heterocycles. The molecule has 1 aromatic heterocycles. The smallest absolute Gasteiger partial charge is 0.210 e. The molecule has 2 nitrogen and oxygen atoms in total. The highest BCUT2D eigenvalue weighted by Crippen LogP contribution is 2.22. The van der Waals surface area contributed by atoms with Crippen molar-refractivity contribution in [3.63, 3.8) is 0 Å². The summed E-state index contributed by atoms with van der Waals surface area (Å²) >= 11 is 6.93. The maximum atomic E-state index is 13.2. The number of rotatable bonds is 4. The van der Waals surface area contributed by atoms with Crippen molar-refractivity contribution < 1.29 is 13.9 Å². The summed E-state index contributed by atoms with van der Waals surface area (Å²) in [5, 5.41) is 0. The summed E-state index contributed by atoms with van der Waals surface area (Å²) in [6.45, 7) is 1.54. The van der Waals surface area contributed by atoms with Crippen LogP contribution in [0.15, 0.2) is 30.3 Å². The Morgan fingerprint density at radius 1 is 1.39 bits per heavy atom. The van der Waals surface area contributed by atoms with Crippen LogP contribution in [-0.2, 0) is 0 Å². The number of ether oxygens (including phenoxy) is 1. The quantitative estimate of drug-likeness (QED) is 0.790. The molecule has 0 N–H and O–H groups in total. The molecule has 0 fully saturated rings. The summed E-state index contributed by atoms with van der Waals surface area (Å²) in [6, 6.07) is 7.81. The molecule has 1 heterocycles. The third-order valence-electron chi connectivity index (χ3n) is 2.36. The van der Waals surface area contributed by atoms with Crippen molar-refractivity contribution in [3.8, 4) is 5.75 Å². The van der Waals surface area contributed by atoms with Gasteiger partial charge in [-0.25, -0.2) is 4.39 Å². The minimum Gasteiger partial charge on any atom is -0.485 e. The van der Waals surface area contributed by atoms with Crippen molar-refractivity contribution in [2.75, 3.05) is 6.61 Å². The van der Waals surface area contributed by atoms with E-state index in [1.54, 1.807) is 31.2 Å². The molecule has 94 valence electrons. The fourth-order valence-corrected chi connectivity index (χ4v) is 2.31. The van der Waals surface area contributed by atoms with Gasteiger partial charge in [0.05, 0.1) is 9.21 Å². The number of aryl methyl sites for hydroxylation is 1. The maximum absolute atomic E-state index is 13.2. The Labute approximate surface area is 113 Å². The van der Waals surface area contributed by atoms with Crippen molar-refractivity contribution >= 4 is 28.7 Å². The molecule has 2 rings (SSSR count). The van der Waals surface area contributed by atoms with E-state index in [4.69, 9.17) is 16.3 Å². The van der Waals surface area contributed by atoms with Crippen LogP contribution in [0.2, 0.25) is 4.34 Å². The SMILES string of the molecule is Cc1ccc(OCC(=O)c2ccc(Cl)s2)cc1F. The Bertz CT molecular complexity index is 580. The van der Waals surface area contributed by atoms with Gasteiger partial charge in [-0.15, -0.1) is 11.3 Å². The van der Waals surface area contributed by atoms with Crippen LogP contribution >= 0.6 is 22.9 Å². The highest BCUT2D eigenvalue weighted by Gasteiger charge is 2.10. The molecule has 5 heteroatoms. The number of hydrogen-bond donors (Lipinski definition) is 0. The zero-order valence-electron chi connectivity index (χ0n) is 9.57. The Balaban J connectivity index is 1.99. The number of carbonyl (C=O) groups is 1. The first kappa shape index (κ1) is 13.1. The Kier molecular flexibility index (Phi) is 3.99. The summed E-state index contributed by atoms with van der Waals surface area (Å²) < 4.78 is 19.0. The van der Waals surface area contributed by atoms with E-state index in [0.717, 1.165) is 0 Å². The van der Waals surface area contributed by atoms with Crippen molar-refractivity contribution in [1.82, 2.24) is 0 Å². The summed E-state index contributed by atoms with van der Waals surface area (Å²) in [6.07, 6.45) is 0. The van der Waals surface area contributed by atoms with Crippen LogP contribution in [0.4, 0.5) is 4.39 Å². The molecule has 0 atom stereocenters. The van der Waals surface area contributed by atoms with E-state index < -0.39 is 0 Å². The molecule has 18 heavy (non-hydrogen) atoms. The molecule has 0 aliphatic rings. The second-order valence-electron chi connectivity index (χ2n) is 3.73. The topological polar surface area (TPSA) is 26.3 Å². The molecule has 0 aliphatic carbocycles. The van der Waals surface area contributed by atoms with E-state index in [1.165, 1.54) is 17.4 Å². The van der Waals surface area contributed by atoms with Crippen LogP contribution in [0, 0.1) is 12.7 Å². The van der Waals surface area contributed by atoms with E-state index in [0.29, 0.717) is 20.5 Å². The average molecular weight is 285 g/mol. The zero-order chi connectivity index (χ0) is 13.1. The van der Waals surface area contributed by atoms with Crippen LogP contribution in [0.25, 0.3) is 0 Å². The molecule has 0 bridgehead atoms. The predicted octanol–water partition coefficient (Wildman–Crippen LogP) is 4.11. The first-order chi connectivity index (χ1) is 8.56. The molecule has 0 aliphatic heterocycles. The number of ketones is 1. The van der Waals surface area contributed by atoms with Crippen molar-refractivity contribution in [1.29, 1.82) is 0 Å². The highest BCUT2D eigenvalue weighted by molar-refractivity contribution is 7.18. The second kappa shape index (κ2) is 5.50. The summed E-state index contributed by atoms with van der Waals surface area (Å²) in [7, 11) is 0. The van der Waals surface area contributed by atoms with Gasteiger partial charge >= 0.3 is 0 Å². The fraction of sp³-hybridized carbons (Fsp3) is 0.154. The lowest BCUT2D eigenvalue weighted by Crippen LogP contribution is -2.10. The van der Waals surface area contributed by atoms with Gasteiger partial charge in [0.15, 0.2) is 6.61 Å². The van der Waals surface area contributed by atoms with Crippen LogP contribution in [-0.4, -0.2) is 12.4 Å². The van der Waals surface area contributed by atoms with E-state index in [1.807, 2.05) is 0 Å². The fourth-order valence-electron chi connectivity index (χ4n) is 1.35. The molecular formula is C13H10ClFO2S. The summed E-state index contributed by atoms with van der Waals surface area (Å²) in [5.74, 6) is -0.180. The normalized spacial score (nSPS) is 10.4. The third-order valence-corrected chi connectivity index (χ3v) is 3.63. The maximum Gasteiger partial charge on any atom is 0.210 e. The van der Waals surface area contributed by atoms with Gasteiger partial charge in [-0.3, -0.25) is 4.79 Å². The average Bonchev–Trinajstić information content (AvgIpc) is 2.77.